The first-order valence-electron chi connectivity index (χ1n) is 16.1. The molecule has 0 aromatic heterocycles. The summed E-state index contributed by atoms with van der Waals surface area (Å²) in [5, 5.41) is 129. The fourth-order valence-corrected chi connectivity index (χ4v) is 6.35. The van der Waals surface area contributed by atoms with Gasteiger partial charge in [0.15, 0.2) is 25.2 Å². The summed E-state index contributed by atoms with van der Waals surface area (Å²) in [6, 6.07) is -3.12. The highest BCUT2D eigenvalue weighted by Crippen LogP contribution is 2.34. The highest BCUT2D eigenvalue weighted by atomic mass is 16.8. The summed E-state index contributed by atoms with van der Waals surface area (Å²) in [4.78, 5) is 24.4. The summed E-state index contributed by atoms with van der Waals surface area (Å²) in [7, 11) is 0. The molecule has 0 aliphatic carbocycles. The number of nitrogens with one attached hydrogen (secondary N) is 2. The van der Waals surface area contributed by atoms with Crippen LogP contribution in [0.2, 0.25) is 0 Å². The van der Waals surface area contributed by atoms with Gasteiger partial charge in [-0.05, 0) is 0 Å². The van der Waals surface area contributed by atoms with Crippen LogP contribution in [0.25, 0.3) is 0 Å². The number of ether oxygens (including phenoxy) is 7. The van der Waals surface area contributed by atoms with E-state index in [1.807, 2.05) is 0 Å². The zero-order valence-corrected chi connectivity index (χ0v) is 27.4. The molecule has 0 aromatic rings. The molecule has 23 heteroatoms. The first-order valence-corrected chi connectivity index (χ1v) is 16.1. The van der Waals surface area contributed by atoms with Crippen LogP contribution in [0.3, 0.4) is 0 Å². The second kappa shape index (κ2) is 18.0. The Balaban J connectivity index is 1.64. The third kappa shape index (κ3) is 9.11. The highest BCUT2D eigenvalue weighted by molar-refractivity contribution is 5.73. The Bertz CT molecular complexity index is 1140. The molecule has 4 saturated heterocycles. The van der Waals surface area contributed by atoms with Crippen LogP contribution >= 0.6 is 0 Å². The minimum absolute atomic E-state index is 0.702. The van der Waals surface area contributed by atoms with Crippen molar-refractivity contribution in [3.05, 3.63) is 0 Å². The number of hydrogen-bond donors (Lipinski definition) is 14. The van der Waals surface area contributed by atoms with E-state index in [9.17, 15) is 70.9 Å². The van der Waals surface area contributed by atoms with E-state index in [1.165, 1.54) is 0 Å². The average Bonchev–Trinajstić information content (AvgIpc) is 3.09. The van der Waals surface area contributed by atoms with E-state index in [-0.39, 0.29) is 0 Å². The topological polar surface area (TPSA) is 366 Å². The van der Waals surface area contributed by atoms with Gasteiger partial charge in [-0.25, -0.2) is 0 Å². The van der Waals surface area contributed by atoms with Crippen molar-refractivity contribution in [1.29, 1.82) is 0 Å². The fourth-order valence-electron chi connectivity index (χ4n) is 6.35. The van der Waals surface area contributed by atoms with Gasteiger partial charge in [-0.3, -0.25) is 9.59 Å². The van der Waals surface area contributed by atoms with Gasteiger partial charge in [0.2, 0.25) is 11.8 Å². The molecule has 0 spiro atoms. The lowest BCUT2D eigenvalue weighted by Crippen LogP contribution is -2.71. The van der Waals surface area contributed by atoms with Gasteiger partial charge in [0.05, 0.1) is 26.4 Å². The molecule has 296 valence electrons. The fraction of sp³-hybridized carbons (Fsp3) is 0.929. The molecule has 1 unspecified atom stereocenters. The Morgan fingerprint density at radius 2 is 0.902 bits per heavy atom. The smallest absolute Gasteiger partial charge is 0.217 e. The molecule has 0 saturated carbocycles. The summed E-state index contributed by atoms with van der Waals surface area (Å²) < 4.78 is 39.3. The molecule has 14 N–H and O–H groups in total. The maximum Gasteiger partial charge on any atom is 0.217 e. The minimum Gasteiger partial charge on any atom is -0.394 e. The predicted octanol–water partition coefficient (Wildman–Crippen LogP) is -9.46. The van der Waals surface area contributed by atoms with Crippen LogP contribution in [0, 0.1) is 0 Å². The third-order valence-corrected chi connectivity index (χ3v) is 9.01. The number of carbonyl (C=O) groups excluding carboxylic acids is 2. The van der Waals surface area contributed by atoms with E-state index in [4.69, 9.17) is 33.2 Å². The van der Waals surface area contributed by atoms with Gasteiger partial charge in [-0.15, -0.1) is 0 Å². The lowest BCUT2D eigenvalue weighted by molar-refractivity contribution is -0.377. The molecule has 4 aliphatic rings. The second-order valence-corrected chi connectivity index (χ2v) is 12.6. The van der Waals surface area contributed by atoms with Crippen molar-refractivity contribution >= 4 is 11.8 Å². The van der Waals surface area contributed by atoms with E-state index in [0.717, 1.165) is 13.8 Å². The van der Waals surface area contributed by atoms with E-state index < -0.39 is 161 Å². The SMILES string of the molecule is CC(=O)N[C@H]1[C@@H](O[C@H]2[C@@H](O)[C@@H](CO)O[C@@H](O[C@H]3[C@@H](O)[C@@H](CO)O[C@H](O[C@@H]4[C@H](O)[C@@H](O)C(O)O[C@@H]4CO)[C@@H]3O)[C@@H]2NC(C)=O)O[C@H](CO)[C@H](O)[C@@H]1O. The normalized spacial score (nSPS) is 47.8. The zero-order chi connectivity index (χ0) is 37.9. The van der Waals surface area contributed by atoms with Gasteiger partial charge in [0.25, 0.3) is 0 Å². The van der Waals surface area contributed by atoms with Crippen LogP contribution in [0.4, 0.5) is 0 Å². The average molecular weight is 749 g/mol. The molecular weight excluding hydrogens is 700 g/mol. The molecule has 4 fully saturated rings. The van der Waals surface area contributed by atoms with Crippen LogP contribution in [0.1, 0.15) is 13.8 Å². The van der Waals surface area contributed by atoms with Crippen LogP contribution in [-0.4, -0.2) is 222 Å². The lowest BCUT2D eigenvalue weighted by Gasteiger charge is -2.50. The van der Waals surface area contributed by atoms with E-state index in [1.54, 1.807) is 0 Å². The van der Waals surface area contributed by atoms with E-state index in [2.05, 4.69) is 10.6 Å². The quantitative estimate of drug-likeness (QED) is 0.0881. The molecule has 0 bridgehead atoms. The van der Waals surface area contributed by atoms with E-state index >= 15 is 0 Å². The molecule has 0 aromatic carbocycles. The number of amides is 2. The van der Waals surface area contributed by atoms with Crippen molar-refractivity contribution in [3.63, 3.8) is 0 Å². The number of hydrogen-bond acceptors (Lipinski definition) is 21. The molecule has 23 nitrogen and oxygen atoms in total. The maximum atomic E-state index is 12.4. The van der Waals surface area contributed by atoms with Crippen LogP contribution in [0.5, 0.6) is 0 Å². The van der Waals surface area contributed by atoms with E-state index in [0.29, 0.717) is 0 Å². The lowest BCUT2D eigenvalue weighted by atomic mass is 9.93. The molecule has 2 amide bonds. The molecule has 20 atom stereocenters. The first kappa shape index (κ1) is 41.9. The number of rotatable bonds is 12. The van der Waals surface area contributed by atoms with Gasteiger partial charge < -0.3 is 105 Å². The Labute approximate surface area is 289 Å². The van der Waals surface area contributed by atoms with Crippen molar-refractivity contribution in [2.75, 3.05) is 26.4 Å². The highest BCUT2D eigenvalue weighted by Gasteiger charge is 2.56. The van der Waals surface area contributed by atoms with Gasteiger partial charge >= 0.3 is 0 Å². The molecule has 51 heavy (non-hydrogen) atoms. The molecule has 4 heterocycles. The Kier molecular flexibility index (Phi) is 14.8. The Morgan fingerprint density at radius 1 is 0.471 bits per heavy atom. The summed E-state index contributed by atoms with van der Waals surface area (Å²) in [5.74, 6) is -1.47. The van der Waals surface area contributed by atoms with Crippen LogP contribution < -0.4 is 10.6 Å². The number of aliphatic hydroxyl groups excluding tert-OH is 12. The summed E-state index contributed by atoms with van der Waals surface area (Å²) in [6.07, 6.45) is -31.7. The summed E-state index contributed by atoms with van der Waals surface area (Å²) >= 11 is 0. The maximum absolute atomic E-state index is 12.4. The van der Waals surface area contributed by atoms with Gasteiger partial charge in [-0.2, -0.15) is 0 Å². The Hall–Kier alpha value is -1.82. The third-order valence-electron chi connectivity index (χ3n) is 9.01. The van der Waals surface area contributed by atoms with Crippen molar-refractivity contribution in [3.8, 4) is 0 Å². The zero-order valence-electron chi connectivity index (χ0n) is 27.4. The van der Waals surface area contributed by atoms with Gasteiger partial charge in [0, 0.05) is 13.8 Å². The minimum atomic E-state index is -2.05. The number of aliphatic hydroxyl groups is 12. The molecule has 0 radical (unpaired) electrons. The van der Waals surface area contributed by atoms with Crippen LogP contribution in [-0.2, 0) is 42.7 Å². The van der Waals surface area contributed by atoms with Crippen molar-refractivity contribution < 1.29 is 104 Å². The Morgan fingerprint density at radius 3 is 1.43 bits per heavy atom. The second-order valence-electron chi connectivity index (χ2n) is 12.6. The molecule has 4 aliphatic heterocycles. The number of carbonyl (C=O) groups is 2. The van der Waals surface area contributed by atoms with Crippen molar-refractivity contribution in [2.45, 2.75) is 137 Å². The first-order chi connectivity index (χ1) is 24.1. The van der Waals surface area contributed by atoms with Crippen molar-refractivity contribution in [2.24, 2.45) is 0 Å². The molecule has 4 rings (SSSR count). The summed E-state index contributed by atoms with van der Waals surface area (Å²) in [5.41, 5.74) is 0. The predicted molar refractivity (Wildman–Crippen MR) is 157 cm³/mol. The van der Waals surface area contributed by atoms with Crippen LogP contribution in [0.15, 0.2) is 0 Å². The van der Waals surface area contributed by atoms with Gasteiger partial charge in [0.1, 0.15) is 97.5 Å². The monoisotopic (exact) mass is 748 g/mol. The largest absolute Gasteiger partial charge is 0.394 e. The summed E-state index contributed by atoms with van der Waals surface area (Å²) in [6.45, 7) is -1.34. The van der Waals surface area contributed by atoms with Gasteiger partial charge in [-0.1, -0.05) is 0 Å². The standard InChI is InChI=1S/C28H48N2O21/c1-7(35)29-13-18(40)15(37)9(3-31)46-26(13)50-23-14(30-8(2)36)27(47-10(4-32)16(23)38)51-24-17(39)11(5-33)48-28(21(24)43)49-22-12(6-34)45-25(44)20(42)19(22)41/h9-28,31-34,37-44H,3-6H2,1-2H3,(H,29,35)(H,30,36)/t9-,10-,11-,12-,13-,14-,15+,16+,17+,18-,19-,20-,21-,22+,23-,24+,25?,26-,27+,28-/m1/s1. The molecular formula is C28H48N2O21. The van der Waals surface area contributed by atoms with Crippen molar-refractivity contribution in [1.82, 2.24) is 10.6 Å².